The van der Waals surface area contributed by atoms with Crippen LogP contribution >= 0.6 is 0 Å². The number of rotatable bonds is 8. The largest absolute Gasteiger partial charge is 0.493 e. The zero-order chi connectivity index (χ0) is 31.6. The van der Waals surface area contributed by atoms with E-state index in [0.717, 1.165) is 44.5 Å². The number of methoxy groups -OCH3 is 4. The van der Waals surface area contributed by atoms with Gasteiger partial charge in [-0.15, -0.1) is 0 Å². The van der Waals surface area contributed by atoms with Gasteiger partial charge in [0.25, 0.3) is 0 Å². The van der Waals surface area contributed by atoms with Gasteiger partial charge in [-0.05, 0) is 90.3 Å². The van der Waals surface area contributed by atoms with Crippen LogP contribution in [-0.4, -0.2) is 28.4 Å². The topological polar surface area (TPSA) is 36.9 Å². The molecule has 0 fully saturated rings. The summed E-state index contributed by atoms with van der Waals surface area (Å²) in [5.74, 6) is 2.68. The molecule has 0 saturated heterocycles. The van der Waals surface area contributed by atoms with Gasteiger partial charge in [0.15, 0.2) is 23.0 Å². The Balaban J connectivity index is 1.56. The van der Waals surface area contributed by atoms with E-state index in [4.69, 9.17) is 18.9 Å². The lowest BCUT2D eigenvalue weighted by Crippen LogP contribution is -1.98. The van der Waals surface area contributed by atoms with Gasteiger partial charge in [-0.25, -0.2) is 0 Å². The van der Waals surface area contributed by atoms with Crippen molar-refractivity contribution in [1.29, 1.82) is 0 Å². The second-order valence-electron chi connectivity index (χ2n) is 11.1. The molecule has 0 unspecified atom stereocenters. The van der Waals surface area contributed by atoms with E-state index >= 15 is 0 Å². The van der Waals surface area contributed by atoms with E-state index in [0.29, 0.717) is 23.0 Å². The maximum atomic E-state index is 5.87. The molecule has 0 aliphatic carbocycles. The second kappa shape index (κ2) is 12.3. The molecular formula is C42H34O4. The van der Waals surface area contributed by atoms with Crippen LogP contribution in [0.5, 0.6) is 23.0 Å². The van der Waals surface area contributed by atoms with E-state index in [-0.39, 0.29) is 0 Å². The van der Waals surface area contributed by atoms with Crippen LogP contribution in [0.4, 0.5) is 0 Å². The number of hydrogen-bond acceptors (Lipinski definition) is 4. The van der Waals surface area contributed by atoms with E-state index in [1.165, 1.54) is 21.5 Å². The Labute approximate surface area is 269 Å². The van der Waals surface area contributed by atoms with Gasteiger partial charge in [0.2, 0.25) is 0 Å². The molecule has 7 aromatic carbocycles. The lowest BCUT2D eigenvalue weighted by molar-refractivity contribution is 0.355. The van der Waals surface area contributed by atoms with E-state index < -0.39 is 0 Å². The summed E-state index contributed by atoms with van der Waals surface area (Å²) in [6.45, 7) is 0. The van der Waals surface area contributed by atoms with Crippen molar-refractivity contribution in [2.24, 2.45) is 0 Å². The first kappa shape index (κ1) is 29.0. The molecule has 0 radical (unpaired) electrons. The van der Waals surface area contributed by atoms with Crippen molar-refractivity contribution in [3.8, 4) is 67.5 Å². The summed E-state index contributed by atoms with van der Waals surface area (Å²) >= 11 is 0. The molecule has 0 heterocycles. The number of fused-ring (bicyclic) bond motifs is 2. The van der Waals surface area contributed by atoms with Crippen molar-refractivity contribution in [1.82, 2.24) is 0 Å². The molecule has 0 saturated carbocycles. The molecule has 7 rings (SSSR count). The maximum Gasteiger partial charge on any atom is 0.161 e. The Morgan fingerprint density at radius 3 is 0.935 bits per heavy atom. The molecule has 0 N–H and O–H groups in total. The van der Waals surface area contributed by atoms with Crippen LogP contribution in [0.1, 0.15) is 0 Å². The molecule has 0 atom stereocenters. The normalized spacial score (nSPS) is 11.0. The van der Waals surface area contributed by atoms with Crippen LogP contribution < -0.4 is 18.9 Å². The molecule has 0 aromatic heterocycles. The van der Waals surface area contributed by atoms with E-state index in [9.17, 15) is 0 Å². The first-order chi connectivity index (χ1) is 22.6. The first-order valence-corrected chi connectivity index (χ1v) is 15.2. The quantitative estimate of drug-likeness (QED) is 0.173. The zero-order valence-corrected chi connectivity index (χ0v) is 26.3. The summed E-state index contributed by atoms with van der Waals surface area (Å²) in [4.78, 5) is 0. The van der Waals surface area contributed by atoms with E-state index in [1.807, 2.05) is 0 Å². The predicted octanol–water partition coefficient (Wildman–Crippen LogP) is 10.7. The van der Waals surface area contributed by atoms with Gasteiger partial charge >= 0.3 is 0 Å². The molecule has 4 heteroatoms. The molecule has 226 valence electrons. The third-order valence-electron chi connectivity index (χ3n) is 8.71. The van der Waals surface area contributed by atoms with Crippen LogP contribution in [0.3, 0.4) is 0 Å². The molecule has 4 nitrogen and oxygen atoms in total. The fourth-order valence-corrected chi connectivity index (χ4v) is 6.52. The highest BCUT2D eigenvalue weighted by molar-refractivity contribution is 6.06. The van der Waals surface area contributed by atoms with E-state index in [1.54, 1.807) is 28.4 Å². The van der Waals surface area contributed by atoms with Crippen LogP contribution in [0, 0.1) is 0 Å². The average molecular weight is 603 g/mol. The minimum absolute atomic E-state index is 0.665. The van der Waals surface area contributed by atoms with Crippen LogP contribution in [0.2, 0.25) is 0 Å². The summed E-state index contributed by atoms with van der Waals surface area (Å²) < 4.78 is 23.4. The highest BCUT2D eigenvalue weighted by atomic mass is 16.5. The summed E-state index contributed by atoms with van der Waals surface area (Å²) in [5.41, 5.74) is 8.51. The smallest absolute Gasteiger partial charge is 0.161 e. The lowest BCUT2D eigenvalue weighted by atomic mass is 9.84. The van der Waals surface area contributed by atoms with Gasteiger partial charge in [0.1, 0.15) is 0 Å². The molecule has 0 spiro atoms. The van der Waals surface area contributed by atoms with Crippen LogP contribution in [-0.2, 0) is 0 Å². The van der Waals surface area contributed by atoms with Crippen molar-refractivity contribution >= 4 is 21.5 Å². The van der Waals surface area contributed by atoms with Gasteiger partial charge in [-0.3, -0.25) is 0 Å². The van der Waals surface area contributed by atoms with Gasteiger partial charge in [0, 0.05) is 0 Å². The number of hydrogen-bond donors (Lipinski definition) is 0. The van der Waals surface area contributed by atoms with Crippen molar-refractivity contribution in [3.63, 3.8) is 0 Å². The van der Waals surface area contributed by atoms with Crippen LogP contribution in [0.15, 0.2) is 133 Å². The standard InChI is InChI=1S/C42H34O4/c1-43-39-23-35(31-21-11-15-27-13-5-7-17-29(27)31)37(25-41(39)45-3)33-19-9-10-20-34(33)38-26-42(46-4)40(44-2)24-36(38)32-22-12-16-28-14-6-8-18-30(28)32/h5-26H,1-4H3. The Bertz CT molecular complexity index is 2050. The second-order valence-corrected chi connectivity index (χ2v) is 11.1. The number of benzene rings is 7. The average Bonchev–Trinajstić information content (AvgIpc) is 3.13. The summed E-state index contributed by atoms with van der Waals surface area (Å²) in [5, 5.41) is 4.68. The first-order valence-electron chi connectivity index (χ1n) is 15.2. The minimum atomic E-state index is 0.665. The summed E-state index contributed by atoms with van der Waals surface area (Å²) in [6, 6.07) is 46.7. The third kappa shape index (κ3) is 4.98. The third-order valence-corrected chi connectivity index (χ3v) is 8.71. The number of ether oxygens (including phenoxy) is 4. The van der Waals surface area contributed by atoms with Crippen molar-refractivity contribution in [3.05, 3.63) is 133 Å². The molecule has 0 aliphatic rings. The molecule has 0 aliphatic heterocycles. The maximum absolute atomic E-state index is 5.87. The Kier molecular flexibility index (Phi) is 7.78. The zero-order valence-electron chi connectivity index (χ0n) is 26.3. The fraction of sp³-hybridized carbons (Fsp3) is 0.0952. The summed E-state index contributed by atoms with van der Waals surface area (Å²) in [7, 11) is 6.72. The molecule has 7 aromatic rings. The molecule has 0 bridgehead atoms. The van der Waals surface area contributed by atoms with Gasteiger partial charge in [-0.2, -0.15) is 0 Å². The molecule has 0 amide bonds. The Morgan fingerprint density at radius 1 is 0.283 bits per heavy atom. The SMILES string of the molecule is COc1cc(-c2ccccc2-c2cc(OC)c(OC)cc2-c2cccc3ccccc23)c(-c2cccc3ccccc23)cc1OC. The van der Waals surface area contributed by atoms with E-state index in [2.05, 4.69) is 133 Å². The predicted molar refractivity (Wildman–Crippen MR) is 189 cm³/mol. The van der Waals surface area contributed by atoms with Gasteiger partial charge in [-0.1, -0.05) is 109 Å². The molecular weight excluding hydrogens is 568 g/mol. The minimum Gasteiger partial charge on any atom is -0.493 e. The Morgan fingerprint density at radius 2 is 0.565 bits per heavy atom. The highest BCUT2D eigenvalue weighted by Gasteiger charge is 2.22. The van der Waals surface area contributed by atoms with Crippen molar-refractivity contribution in [2.45, 2.75) is 0 Å². The molecule has 46 heavy (non-hydrogen) atoms. The van der Waals surface area contributed by atoms with Gasteiger partial charge in [0.05, 0.1) is 28.4 Å². The highest BCUT2D eigenvalue weighted by Crippen LogP contribution is 2.49. The monoisotopic (exact) mass is 602 g/mol. The van der Waals surface area contributed by atoms with Gasteiger partial charge < -0.3 is 18.9 Å². The van der Waals surface area contributed by atoms with Crippen molar-refractivity contribution in [2.75, 3.05) is 28.4 Å². The summed E-state index contributed by atoms with van der Waals surface area (Å²) in [6.07, 6.45) is 0. The fourth-order valence-electron chi connectivity index (χ4n) is 6.52. The Hall–Kier alpha value is -5.74. The van der Waals surface area contributed by atoms with Crippen molar-refractivity contribution < 1.29 is 18.9 Å². The van der Waals surface area contributed by atoms with Crippen LogP contribution in [0.25, 0.3) is 66.1 Å². The lowest BCUT2D eigenvalue weighted by Gasteiger charge is -2.21.